The fraction of sp³-hybridized carbons (Fsp3) is 0.444. The van der Waals surface area contributed by atoms with Crippen LogP contribution in [0.25, 0.3) is 0 Å². The first-order chi connectivity index (χ1) is 8.13. The first kappa shape index (κ1) is 13.5. The van der Waals surface area contributed by atoms with E-state index in [1.54, 1.807) is 6.20 Å². The molecule has 1 rings (SSSR count). The van der Waals surface area contributed by atoms with Crippen LogP contribution in [0.4, 0.5) is 16.6 Å². The van der Waals surface area contributed by atoms with E-state index in [9.17, 15) is 4.79 Å². The van der Waals surface area contributed by atoms with Gasteiger partial charge in [-0.1, -0.05) is 0 Å². The third kappa shape index (κ3) is 4.85. The van der Waals surface area contributed by atoms with Gasteiger partial charge in [-0.3, -0.25) is 0 Å². The van der Waals surface area contributed by atoms with E-state index in [0.29, 0.717) is 24.9 Å². The van der Waals surface area contributed by atoms with Gasteiger partial charge < -0.3 is 21.7 Å². The van der Waals surface area contributed by atoms with E-state index < -0.39 is 6.03 Å². The number of nitrogens with two attached hydrogens (primary N) is 1. The Bertz CT molecular complexity index is 386. The van der Waals surface area contributed by atoms with Crippen LogP contribution in [0.15, 0.2) is 10.7 Å². The van der Waals surface area contributed by atoms with Gasteiger partial charge in [0, 0.05) is 25.8 Å². The number of urea groups is 1. The molecule has 17 heavy (non-hydrogen) atoms. The number of hydrogen-bond donors (Lipinski definition) is 4. The summed E-state index contributed by atoms with van der Waals surface area (Å²) < 4.78 is 0.762. The molecule has 0 fully saturated rings. The molecule has 0 aliphatic rings. The van der Waals surface area contributed by atoms with Crippen molar-refractivity contribution in [2.75, 3.05) is 30.3 Å². The molecule has 0 atom stereocenters. The van der Waals surface area contributed by atoms with Crippen molar-refractivity contribution in [3.8, 4) is 0 Å². The summed E-state index contributed by atoms with van der Waals surface area (Å²) in [4.78, 5) is 18.8. The van der Waals surface area contributed by atoms with Crippen LogP contribution >= 0.6 is 15.9 Å². The van der Waals surface area contributed by atoms with Gasteiger partial charge in [0.25, 0.3) is 0 Å². The van der Waals surface area contributed by atoms with Crippen LogP contribution in [0.5, 0.6) is 0 Å². The van der Waals surface area contributed by atoms with Crippen LogP contribution < -0.4 is 21.7 Å². The molecule has 1 aromatic rings. The minimum absolute atomic E-state index is 0.433. The van der Waals surface area contributed by atoms with Crippen molar-refractivity contribution < 1.29 is 4.79 Å². The molecule has 0 aliphatic carbocycles. The summed E-state index contributed by atoms with van der Waals surface area (Å²) in [5.41, 5.74) is 4.94. The van der Waals surface area contributed by atoms with Crippen LogP contribution in [-0.2, 0) is 0 Å². The zero-order chi connectivity index (χ0) is 12.7. The molecule has 2 amide bonds. The maximum atomic E-state index is 10.5. The monoisotopic (exact) mass is 302 g/mol. The van der Waals surface area contributed by atoms with E-state index in [0.717, 1.165) is 11.0 Å². The van der Waals surface area contributed by atoms with Gasteiger partial charge in [0.1, 0.15) is 5.82 Å². The first-order valence-electron chi connectivity index (χ1n) is 5.17. The summed E-state index contributed by atoms with van der Waals surface area (Å²) in [6.45, 7) is 3.69. The van der Waals surface area contributed by atoms with Crippen LogP contribution in [0.1, 0.15) is 6.92 Å². The molecular formula is C9H15BrN6O. The number of nitrogens with one attached hydrogen (secondary N) is 3. The fourth-order valence-corrected chi connectivity index (χ4v) is 1.43. The van der Waals surface area contributed by atoms with E-state index in [-0.39, 0.29) is 0 Å². The first-order valence-corrected chi connectivity index (χ1v) is 5.96. The Balaban J connectivity index is 2.51. The number of nitrogens with zero attached hydrogens (tertiary/aromatic N) is 2. The standard InChI is InChI=1S/C9H15BrN6O/c1-2-12-9-15-5-6(10)7(16-9)13-3-4-14-8(11)17/h5H,2-4H2,1H3,(H3,11,14,17)(H2,12,13,15,16). The molecule has 1 heterocycles. The molecule has 94 valence electrons. The third-order valence-corrected chi connectivity index (χ3v) is 2.38. The van der Waals surface area contributed by atoms with E-state index >= 15 is 0 Å². The lowest BCUT2D eigenvalue weighted by Crippen LogP contribution is -2.33. The highest BCUT2D eigenvalue weighted by Crippen LogP contribution is 2.19. The van der Waals surface area contributed by atoms with Gasteiger partial charge in [-0.05, 0) is 22.9 Å². The van der Waals surface area contributed by atoms with E-state index in [1.165, 1.54) is 0 Å². The molecule has 1 aromatic heterocycles. The second kappa shape index (κ2) is 6.89. The smallest absolute Gasteiger partial charge is 0.312 e. The molecule has 7 nitrogen and oxygen atoms in total. The summed E-state index contributed by atoms with van der Waals surface area (Å²) in [5.74, 6) is 1.23. The largest absolute Gasteiger partial charge is 0.367 e. The van der Waals surface area contributed by atoms with Gasteiger partial charge in [-0.2, -0.15) is 4.98 Å². The van der Waals surface area contributed by atoms with Crippen LogP contribution in [0.3, 0.4) is 0 Å². The number of carbonyl (C=O) groups is 1. The Labute approximate surface area is 108 Å². The highest BCUT2D eigenvalue weighted by atomic mass is 79.9. The number of carbonyl (C=O) groups excluding carboxylic acids is 1. The number of halogens is 1. The van der Waals surface area contributed by atoms with Gasteiger partial charge in [0.15, 0.2) is 0 Å². The molecule has 0 bridgehead atoms. The predicted octanol–water partition coefficient (Wildman–Crippen LogP) is 0.751. The third-order valence-electron chi connectivity index (χ3n) is 1.80. The number of rotatable bonds is 6. The normalized spacial score (nSPS) is 9.76. The molecule has 5 N–H and O–H groups in total. The molecule has 0 aliphatic heterocycles. The van der Waals surface area contributed by atoms with Crippen molar-refractivity contribution in [3.63, 3.8) is 0 Å². The quantitative estimate of drug-likeness (QED) is 0.580. The Morgan fingerprint density at radius 1 is 1.47 bits per heavy atom. The van der Waals surface area contributed by atoms with Gasteiger partial charge in [-0.15, -0.1) is 0 Å². The Morgan fingerprint density at radius 3 is 2.88 bits per heavy atom. The van der Waals surface area contributed by atoms with Crippen molar-refractivity contribution in [2.45, 2.75) is 6.92 Å². The summed E-state index contributed by atoms with van der Waals surface area (Å²) in [6, 6.07) is -0.540. The maximum Gasteiger partial charge on any atom is 0.312 e. The van der Waals surface area contributed by atoms with Crippen LogP contribution in [-0.4, -0.2) is 35.6 Å². The zero-order valence-corrected chi connectivity index (χ0v) is 11.0. The second-order valence-corrected chi connectivity index (χ2v) is 3.99. The molecule has 0 aromatic carbocycles. The molecule has 0 saturated carbocycles. The average molecular weight is 303 g/mol. The Morgan fingerprint density at radius 2 is 2.24 bits per heavy atom. The highest BCUT2D eigenvalue weighted by Gasteiger charge is 2.03. The van der Waals surface area contributed by atoms with Crippen molar-refractivity contribution in [2.24, 2.45) is 5.73 Å². The highest BCUT2D eigenvalue weighted by molar-refractivity contribution is 9.10. The topological polar surface area (TPSA) is 105 Å². The lowest BCUT2D eigenvalue weighted by Gasteiger charge is -2.09. The van der Waals surface area contributed by atoms with E-state index in [1.807, 2.05) is 6.92 Å². The maximum absolute atomic E-state index is 10.5. The summed E-state index contributed by atoms with van der Waals surface area (Å²) in [6.07, 6.45) is 1.66. The Kier molecular flexibility index (Phi) is 5.47. The molecule has 0 saturated heterocycles. The average Bonchev–Trinajstić information content (AvgIpc) is 2.28. The number of primary amides is 1. The summed E-state index contributed by atoms with van der Waals surface area (Å²) in [5, 5.41) is 8.55. The number of aromatic nitrogens is 2. The molecule has 0 radical (unpaired) electrons. The lowest BCUT2D eigenvalue weighted by molar-refractivity contribution is 0.249. The molecule has 0 unspecified atom stereocenters. The summed E-state index contributed by atoms with van der Waals surface area (Å²) in [7, 11) is 0. The predicted molar refractivity (Wildman–Crippen MR) is 70.0 cm³/mol. The minimum Gasteiger partial charge on any atom is -0.367 e. The van der Waals surface area contributed by atoms with E-state index in [2.05, 4.69) is 41.8 Å². The minimum atomic E-state index is -0.540. The van der Waals surface area contributed by atoms with Gasteiger partial charge >= 0.3 is 6.03 Å². The lowest BCUT2D eigenvalue weighted by atomic mass is 10.5. The van der Waals surface area contributed by atoms with Gasteiger partial charge in [0.05, 0.1) is 4.47 Å². The van der Waals surface area contributed by atoms with Crippen LogP contribution in [0.2, 0.25) is 0 Å². The SMILES string of the molecule is CCNc1ncc(Br)c(NCCNC(N)=O)n1. The second-order valence-electron chi connectivity index (χ2n) is 3.14. The van der Waals surface area contributed by atoms with Crippen molar-refractivity contribution in [1.82, 2.24) is 15.3 Å². The number of amides is 2. The van der Waals surface area contributed by atoms with Gasteiger partial charge in [-0.25, -0.2) is 9.78 Å². The Hall–Kier alpha value is -1.57. The van der Waals surface area contributed by atoms with Crippen molar-refractivity contribution >= 4 is 33.7 Å². The van der Waals surface area contributed by atoms with Crippen molar-refractivity contribution in [1.29, 1.82) is 0 Å². The number of anilines is 2. The number of hydrogen-bond acceptors (Lipinski definition) is 5. The molecular weight excluding hydrogens is 288 g/mol. The molecule has 8 heteroatoms. The fourth-order valence-electron chi connectivity index (χ4n) is 1.10. The van der Waals surface area contributed by atoms with Gasteiger partial charge in [0.2, 0.25) is 5.95 Å². The molecule has 0 spiro atoms. The zero-order valence-electron chi connectivity index (χ0n) is 9.46. The summed E-state index contributed by atoms with van der Waals surface area (Å²) >= 11 is 3.34. The van der Waals surface area contributed by atoms with E-state index in [4.69, 9.17) is 5.73 Å². The van der Waals surface area contributed by atoms with Crippen LogP contribution in [0, 0.1) is 0 Å². The van der Waals surface area contributed by atoms with Crippen molar-refractivity contribution in [3.05, 3.63) is 10.7 Å².